The maximum atomic E-state index is 10.9. The molecule has 0 radical (unpaired) electrons. The third-order valence-corrected chi connectivity index (χ3v) is 3.96. The quantitative estimate of drug-likeness (QED) is 0.903. The molecule has 0 saturated carbocycles. The zero-order valence-corrected chi connectivity index (χ0v) is 12.2. The van der Waals surface area contributed by atoms with Gasteiger partial charge in [-0.2, -0.15) is 0 Å². The number of rotatable bonds is 2. The van der Waals surface area contributed by atoms with Crippen LogP contribution in [0.3, 0.4) is 0 Å². The summed E-state index contributed by atoms with van der Waals surface area (Å²) in [6.45, 7) is 4.17. The molecular formula is C18H18O3. The molecule has 2 aromatic rings. The van der Waals surface area contributed by atoms with Gasteiger partial charge in [-0.3, -0.25) is 0 Å². The largest absolute Gasteiger partial charge is 0.485 e. The minimum absolute atomic E-state index is 0.00162. The van der Waals surface area contributed by atoms with Crippen LogP contribution in [0, 0.1) is 13.8 Å². The normalized spacial score (nSPS) is 17.0. The average molecular weight is 282 g/mol. The third-order valence-electron chi connectivity index (χ3n) is 3.96. The first-order valence-corrected chi connectivity index (χ1v) is 7.14. The van der Waals surface area contributed by atoms with Crippen molar-refractivity contribution in [1.82, 2.24) is 0 Å². The van der Waals surface area contributed by atoms with Crippen molar-refractivity contribution < 1.29 is 14.6 Å². The van der Waals surface area contributed by atoms with E-state index in [1.54, 1.807) is 12.1 Å². The van der Waals surface area contributed by atoms with Crippen molar-refractivity contribution in [3.05, 3.63) is 64.2 Å². The summed E-state index contributed by atoms with van der Waals surface area (Å²) in [6, 6.07) is 11.3. The van der Waals surface area contributed by atoms with Gasteiger partial charge < -0.3 is 9.84 Å². The molecule has 0 fully saturated rings. The first-order chi connectivity index (χ1) is 10.0. The molecule has 0 aromatic heterocycles. The lowest BCUT2D eigenvalue weighted by Gasteiger charge is -2.28. The SMILES string of the molecule is Cc1cc(C)c2c(c1)CCC(c1ccc(C(=O)O)cc1)O2. The van der Waals surface area contributed by atoms with E-state index in [4.69, 9.17) is 9.84 Å². The number of carbonyl (C=O) groups is 1. The van der Waals surface area contributed by atoms with Crippen LogP contribution in [0.4, 0.5) is 0 Å². The minimum atomic E-state index is -0.900. The molecule has 1 aliphatic heterocycles. The Kier molecular flexibility index (Phi) is 3.42. The molecule has 2 aromatic carbocycles. The lowest BCUT2D eigenvalue weighted by molar-refractivity contribution is 0.0696. The van der Waals surface area contributed by atoms with E-state index >= 15 is 0 Å². The van der Waals surface area contributed by atoms with Gasteiger partial charge in [-0.05, 0) is 55.5 Å². The maximum Gasteiger partial charge on any atom is 0.335 e. The van der Waals surface area contributed by atoms with E-state index in [1.165, 1.54) is 11.1 Å². The van der Waals surface area contributed by atoms with Crippen LogP contribution in [0.2, 0.25) is 0 Å². The molecule has 108 valence electrons. The second kappa shape index (κ2) is 5.24. The number of ether oxygens (including phenoxy) is 1. The maximum absolute atomic E-state index is 10.9. The van der Waals surface area contributed by atoms with E-state index in [9.17, 15) is 4.79 Å². The number of fused-ring (bicyclic) bond motifs is 1. The van der Waals surface area contributed by atoms with Gasteiger partial charge in [0.25, 0.3) is 0 Å². The van der Waals surface area contributed by atoms with Crippen molar-refractivity contribution >= 4 is 5.97 Å². The van der Waals surface area contributed by atoms with Gasteiger partial charge >= 0.3 is 5.97 Å². The highest BCUT2D eigenvalue weighted by Gasteiger charge is 2.23. The molecule has 0 aliphatic carbocycles. The topological polar surface area (TPSA) is 46.5 Å². The second-order valence-corrected chi connectivity index (χ2v) is 5.64. The highest BCUT2D eigenvalue weighted by atomic mass is 16.5. The molecule has 3 rings (SSSR count). The fourth-order valence-electron chi connectivity index (χ4n) is 2.96. The molecule has 0 spiro atoms. The number of hydrogen-bond acceptors (Lipinski definition) is 2. The smallest absolute Gasteiger partial charge is 0.335 e. The van der Waals surface area contributed by atoms with E-state index in [2.05, 4.69) is 26.0 Å². The zero-order valence-electron chi connectivity index (χ0n) is 12.2. The highest BCUT2D eigenvalue weighted by Crippen LogP contribution is 2.37. The van der Waals surface area contributed by atoms with Gasteiger partial charge in [0.2, 0.25) is 0 Å². The van der Waals surface area contributed by atoms with Crippen LogP contribution in [0.5, 0.6) is 5.75 Å². The van der Waals surface area contributed by atoms with Gasteiger partial charge in [0.15, 0.2) is 0 Å². The Bertz CT molecular complexity index is 686. The van der Waals surface area contributed by atoms with Gasteiger partial charge in [-0.25, -0.2) is 4.79 Å². The predicted molar refractivity (Wildman–Crippen MR) is 81.0 cm³/mol. The van der Waals surface area contributed by atoms with Crippen LogP contribution in [0.25, 0.3) is 0 Å². The molecule has 3 heteroatoms. The summed E-state index contributed by atoms with van der Waals surface area (Å²) in [7, 11) is 0. The van der Waals surface area contributed by atoms with Crippen molar-refractivity contribution in [1.29, 1.82) is 0 Å². The molecule has 1 unspecified atom stereocenters. The predicted octanol–water partition coefficient (Wildman–Crippen LogP) is 4.07. The Hall–Kier alpha value is -2.29. The molecule has 1 atom stereocenters. The molecule has 0 amide bonds. The lowest BCUT2D eigenvalue weighted by atomic mass is 9.94. The van der Waals surface area contributed by atoms with Gasteiger partial charge in [-0.15, -0.1) is 0 Å². The Balaban J connectivity index is 1.87. The van der Waals surface area contributed by atoms with Gasteiger partial charge in [-0.1, -0.05) is 29.8 Å². The van der Waals surface area contributed by atoms with Crippen molar-refractivity contribution in [2.75, 3.05) is 0 Å². The summed E-state index contributed by atoms with van der Waals surface area (Å²) in [4.78, 5) is 10.9. The van der Waals surface area contributed by atoms with E-state index in [-0.39, 0.29) is 6.10 Å². The molecule has 1 aliphatic rings. The number of aromatic carboxylic acids is 1. The van der Waals surface area contributed by atoms with Crippen LogP contribution in [0.15, 0.2) is 36.4 Å². The Morgan fingerprint density at radius 1 is 1.19 bits per heavy atom. The van der Waals surface area contributed by atoms with Crippen LogP contribution in [-0.4, -0.2) is 11.1 Å². The Morgan fingerprint density at radius 3 is 2.57 bits per heavy atom. The lowest BCUT2D eigenvalue weighted by Crippen LogP contribution is -2.16. The Morgan fingerprint density at radius 2 is 1.90 bits per heavy atom. The van der Waals surface area contributed by atoms with Crippen molar-refractivity contribution in [3.8, 4) is 5.75 Å². The number of hydrogen-bond donors (Lipinski definition) is 1. The van der Waals surface area contributed by atoms with Crippen LogP contribution in [-0.2, 0) is 6.42 Å². The highest BCUT2D eigenvalue weighted by molar-refractivity contribution is 5.87. The molecule has 0 saturated heterocycles. The van der Waals surface area contributed by atoms with Crippen LogP contribution < -0.4 is 4.74 Å². The molecule has 21 heavy (non-hydrogen) atoms. The monoisotopic (exact) mass is 282 g/mol. The van der Waals surface area contributed by atoms with Crippen molar-refractivity contribution in [2.45, 2.75) is 32.8 Å². The fourth-order valence-corrected chi connectivity index (χ4v) is 2.96. The molecule has 0 bridgehead atoms. The summed E-state index contributed by atoms with van der Waals surface area (Å²) >= 11 is 0. The van der Waals surface area contributed by atoms with E-state index in [0.717, 1.165) is 29.7 Å². The second-order valence-electron chi connectivity index (χ2n) is 5.64. The summed E-state index contributed by atoms with van der Waals surface area (Å²) in [6.07, 6.45) is 1.91. The minimum Gasteiger partial charge on any atom is -0.485 e. The van der Waals surface area contributed by atoms with E-state index < -0.39 is 5.97 Å². The number of aryl methyl sites for hydroxylation is 3. The fraction of sp³-hybridized carbons (Fsp3) is 0.278. The molecule has 3 nitrogen and oxygen atoms in total. The molecule has 1 N–H and O–H groups in total. The number of carboxylic acid groups (broad SMARTS) is 1. The van der Waals surface area contributed by atoms with Crippen molar-refractivity contribution in [3.63, 3.8) is 0 Å². The van der Waals surface area contributed by atoms with E-state index in [0.29, 0.717) is 5.56 Å². The van der Waals surface area contributed by atoms with E-state index in [1.807, 2.05) is 12.1 Å². The average Bonchev–Trinajstić information content (AvgIpc) is 2.47. The summed E-state index contributed by atoms with van der Waals surface area (Å²) < 4.78 is 6.16. The third kappa shape index (κ3) is 2.64. The van der Waals surface area contributed by atoms with Crippen LogP contribution >= 0.6 is 0 Å². The van der Waals surface area contributed by atoms with Crippen molar-refractivity contribution in [2.24, 2.45) is 0 Å². The van der Waals surface area contributed by atoms with Gasteiger partial charge in [0, 0.05) is 0 Å². The Labute approximate surface area is 124 Å². The summed E-state index contributed by atoms with van der Waals surface area (Å²) in [5.41, 5.74) is 5.04. The number of benzene rings is 2. The zero-order chi connectivity index (χ0) is 15.0. The standard InChI is InChI=1S/C18H18O3/c1-11-9-12(2)17-15(10-11)7-8-16(21-17)13-3-5-14(6-4-13)18(19)20/h3-6,9-10,16H,7-8H2,1-2H3,(H,19,20). The summed E-state index contributed by atoms with van der Waals surface area (Å²) in [5, 5.41) is 8.95. The summed E-state index contributed by atoms with van der Waals surface area (Å²) in [5.74, 6) is 0.0851. The van der Waals surface area contributed by atoms with Gasteiger partial charge in [0.05, 0.1) is 5.56 Å². The molecule has 1 heterocycles. The number of carboxylic acids is 1. The first kappa shape index (κ1) is 13.7. The molecular weight excluding hydrogens is 264 g/mol. The van der Waals surface area contributed by atoms with Crippen LogP contribution in [0.1, 0.15) is 45.1 Å². The first-order valence-electron chi connectivity index (χ1n) is 7.14. The van der Waals surface area contributed by atoms with Gasteiger partial charge in [0.1, 0.15) is 11.9 Å².